The molecule has 0 amide bonds. The van der Waals surface area contributed by atoms with Crippen molar-refractivity contribution in [3.05, 3.63) is 23.8 Å². The zero-order valence-corrected chi connectivity index (χ0v) is 11.2. The molecule has 2 rings (SSSR count). The van der Waals surface area contributed by atoms with E-state index in [1.807, 2.05) is 0 Å². The summed E-state index contributed by atoms with van der Waals surface area (Å²) in [5.41, 5.74) is 2.44. The molecule has 1 aliphatic rings. The molecule has 0 bridgehead atoms. The molecule has 1 heterocycles. The quantitative estimate of drug-likeness (QED) is 0.754. The SMILES string of the molecule is COCCNC(C)Cc1ccc2c(c1)NCCO2. The third-order valence-corrected chi connectivity index (χ3v) is 3.06. The minimum atomic E-state index is 0.447. The molecule has 0 spiro atoms. The van der Waals surface area contributed by atoms with E-state index in [9.17, 15) is 0 Å². The number of rotatable bonds is 6. The lowest BCUT2D eigenvalue weighted by Crippen LogP contribution is -2.31. The van der Waals surface area contributed by atoms with Gasteiger partial charge in [-0.25, -0.2) is 0 Å². The summed E-state index contributed by atoms with van der Waals surface area (Å²) in [6.07, 6.45) is 1.01. The van der Waals surface area contributed by atoms with Gasteiger partial charge >= 0.3 is 0 Å². The van der Waals surface area contributed by atoms with Gasteiger partial charge < -0.3 is 20.1 Å². The van der Waals surface area contributed by atoms with Gasteiger partial charge in [-0.15, -0.1) is 0 Å². The molecule has 4 heteroatoms. The van der Waals surface area contributed by atoms with Crippen molar-refractivity contribution in [2.24, 2.45) is 0 Å². The van der Waals surface area contributed by atoms with Crippen LogP contribution in [0.3, 0.4) is 0 Å². The fourth-order valence-electron chi connectivity index (χ4n) is 2.15. The lowest BCUT2D eigenvalue weighted by Gasteiger charge is -2.20. The average Bonchev–Trinajstić information content (AvgIpc) is 2.39. The Labute approximate surface area is 109 Å². The maximum Gasteiger partial charge on any atom is 0.142 e. The summed E-state index contributed by atoms with van der Waals surface area (Å²) in [6, 6.07) is 6.82. The zero-order chi connectivity index (χ0) is 12.8. The third-order valence-electron chi connectivity index (χ3n) is 3.06. The van der Waals surface area contributed by atoms with Crippen molar-refractivity contribution in [1.82, 2.24) is 5.32 Å². The van der Waals surface area contributed by atoms with Crippen LogP contribution < -0.4 is 15.4 Å². The van der Waals surface area contributed by atoms with Crippen molar-refractivity contribution < 1.29 is 9.47 Å². The minimum absolute atomic E-state index is 0.447. The maximum absolute atomic E-state index is 5.57. The fraction of sp³-hybridized carbons (Fsp3) is 0.571. The van der Waals surface area contributed by atoms with E-state index in [2.05, 4.69) is 35.8 Å². The van der Waals surface area contributed by atoms with Gasteiger partial charge in [-0.1, -0.05) is 6.07 Å². The van der Waals surface area contributed by atoms with E-state index in [1.54, 1.807) is 7.11 Å². The molecule has 1 aliphatic heterocycles. The van der Waals surface area contributed by atoms with Crippen molar-refractivity contribution in [1.29, 1.82) is 0 Å². The smallest absolute Gasteiger partial charge is 0.142 e. The number of nitrogens with one attached hydrogen (secondary N) is 2. The molecule has 2 N–H and O–H groups in total. The predicted octanol–water partition coefficient (Wildman–Crippen LogP) is 1.66. The van der Waals surface area contributed by atoms with Gasteiger partial charge in [0, 0.05) is 26.2 Å². The van der Waals surface area contributed by atoms with Crippen LogP contribution in [0.15, 0.2) is 18.2 Å². The first-order valence-corrected chi connectivity index (χ1v) is 6.51. The Morgan fingerprint density at radius 1 is 1.50 bits per heavy atom. The second-order valence-electron chi connectivity index (χ2n) is 4.66. The third kappa shape index (κ3) is 3.62. The summed E-state index contributed by atoms with van der Waals surface area (Å²) in [5.74, 6) is 0.963. The number of ether oxygens (including phenoxy) is 2. The summed E-state index contributed by atoms with van der Waals surface area (Å²) in [7, 11) is 1.72. The van der Waals surface area contributed by atoms with Crippen LogP contribution in [0.25, 0.3) is 0 Å². The number of anilines is 1. The van der Waals surface area contributed by atoms with Crippen LogP contribution in [0, 0.1) is 0 Å². The normalized spacial score (nSPS) is 15.4. The molecule has 0 saturated heterocycles. The van der Waals surface area contributed by atoms with E-state index in [0.717, 1.165) is 44.2 Å². The highest BCUT2D eigenvalue weighted by Crippen LogP contribution is 2.28. The molecule has 1 aromatic carbocycles. The molecule has 0 saturated carbocycles. The summed E-state index contributed by atoms with van der Waals surface area (Å²) in [5, 5.41) is 6.80. The van der Waals surface area contributed by atoms with E-state index in [4.69, 9.17) is 9.47 Å². The van der Waals surface area contributed by atoms with E-state index in [1.165, 1.54) is 5.56 Å². The van der Waals surface area contributed by atoms with Crippen molar-refractivity contribution in [2.45, 2.75) is 19.4 Å². The maximum atomic E-state index is 5.57. The highest BCUT2D eigenvalue weighted by molar-refractivity contribution is 5.59. The molecule has 4 nitrogen and oxygen atoms in total. The number of fused-ring (bicyclic) bond motifs is 1. The molecule has 1 atom stereocenters. The Hall–Kier alpha value is -1.26. The molecule has 1 aromatic rings. The van der Waals surface area contributed by atoms with Gasteiger partial charge in [-0.2, -0.15) is 0 Å². The first-order valence-electron chi connectivity index (χ1n) is 6.51. The Bertz CT molecular complexity index is 382. The Kier molecular flexibility index (Phi) is 4.84. The monoisotopic (exact) mass is 250 g/mol. The standard InChI is InChI=1S/C14H22N2O2/c1-11(15-5-7-17-2)9-12-3-4-14-13(10-12)16-6-8-18-14/h3-4,10-11,15-16H,5-9H2,1-2H3. The summed E-state index contributed by atoms with van der Waals surface area (Å²) in [4.78, 5) is 0. The Balaban J connectivity index is 1.89. The van der Waals surface area contributed by atoms with Gasteiger partial charge in [0.1, 0.15) is 12.4 Å². The van der Waals surface area contributed by atoms with Crippen LogP contribution in [-0.4, -0.2) is 39.5 Å². The second kappa shape index (κ2) is 6.61. The van der Waals surface area contributed by atoms with Crippen molar-refractivity contribution in [3.8, 4) is 5.75 Å². The van der Waals surface area contributed by atoms with Crippen LogP contribution in [-0.2, 0) is 11.2 Å². The number of hydrogen-bond acceptors (Lipinski definition) is 4. The van der Waals surface area contributed by atoms with Crippen LogP contribution in [0.5, 0.6) is 5.75 Å². The van der Waals surface area contributed by atoms with Crippen LogP contribution in [0.2, 0.25) is 0 Å². The number of hydrogen-bond donors (Lipinski definition) is 2. The first kappa shape index (κ1) is 13.2. The van der Waals surface area contributed by atoms with Gasteiger partial charge in [0.2, 0.25) is 0 Å². The number of benzene rings is 1. The highest BCUT2D eigenvalue weighted by Gasteiger charge is 2.11. The predicted molar refractivity (Wildman–Crippen MR) is 73.5 cm³/mol. The lowest BCUT2D eigenvalue weighted by molar-refractivity contribution is 0.196. The summed E-state index contributed by atoms with van der Waals surface area (Å²) < 4.78 is 10.6. The van der Waals surface area contributed by atoms with Crippen LogP contribution in [0.1, 0.15) is 12.5 Å². The molecule has 0 radical (unpaired) electrons. The second-order valence-corrected chi connectivity index (χ2v) is 4.66. The van der Waals surface area contributed by atoms with Crippen molar-refractivity contribution >= 4 is 5.69 Å². The van der Waals surface area contributed by atoms with E-state index < -0.39 is 0 Å². The Morgan fingerprint density at radius 2 is 2.39 bits per heavy atom. The van der Waals surface area contributed by atoms with E-state index in [0.29, 0.717) is 6.04 Å². The van der Waals surface area contributed by atoms with Crippen molar-refractivity contribution in [2.75, 3.05) is 38.7 Å². The van der Waals surface area contributed by atoms with E-state index >= 15 is 0 Å². The summed E-state index contributed by atoms with van der Waals surface area (Å²) >= 11 is 0. The van der Waals surface area contributed by atoms with Crippen LogP contribution in [0.4, 0.5) is 5.69 Å². The molecule has 100 valence electrons. The molecule has 0 aromatic heterocycles. The molecular formula is C14H22N2O2. The lowest BCUT2D eigenvalue weighted by atomic mass is 10.1. The fourth-order valence-corrected chi connectivity index (χ4v) is 2.15. The minimum Gasteiger partial charge on any atom is -0.490 e. The van der Waals surface area contributed by atoms with Crippen LogP contribution >= 0.6 is 0 Å². The van der Waals surface area contributed by atoms with Gasteiger partial charge in [0.05, 0.1) is 12.3 Å². The number of methoxy groups -OCH3 is 1. The largest absolute Gasteiger partial charge is 0.490 e. The van der Waals surface area contributed by atoms with Gasteiger partial charge in [-0.05, 0) is 31.0 Å². The van der Waals surface area contributed by atoms with Crippen molar-refractivity contribution in [3.63, 3.8) is 0 Å². The average molecular weight is 250 g/mol. The van der Waals surface area contributed by atoms with Gasteiger partial charge in [0.25, 0.3) is 0 Å². The molecule has 0 fully saturated rings. The highest BCUT2D eigenvalue weighted by atomic mass is 16.5. The van der Waals surface area contributed by atoms with E-state index in [-0.39, 0.29) is 0 Å². The summed E-state index contributed by atoms with van der Waals surface area (Å²) in [6.45, 7) is 5.48. The molecule has 0 aliphatic carbocycles. The first-order chi connectivity index (χ1) is 8.79. The van der Waals surface area contributed by atoms with Gasteiger partial charge in [0.15, 0.2) is 0 Å². The topological polar surface area (TPSA) is 42.5 Å². The molecule has 18 heavy (non-hydrogen) atoms. The van der Waals surface area contributed by atoms with Gasteiger partial charge in [-0.3, -0.25) is 0 Å². The molecular weight excluding hydrogens is 228 g/mol. The Morgan fingerprint density at radius 3 is 3.22 bits per heavy atom. The zero-order valence-electron chi connectivity index (χ0n) is 11.2. The molecule has 1 unspecified atom stereocenters.